The number of rotatable bonds is 2. The average Bonchev–Trinajstić information content (AvgIpc) is 2.33. The van der Waals surface area contributed by atoms with Gasteiger partial charge in [-0.3, -0.25) is 0 Å². The lowest BCUT2D eigenvalue weighted by Gasteiger charge is -2.19. The van der Waals surface area contributed by atoms with Gasteiger partial charge in [-0.25, -0.2) is 0 Å². The van der Waals surface area contributed by atoms with Crippen LogP contribution in [0.4, 0.5) is 0 Å². The van der Waals surface area contributed by atoms with Gasteiger partial charge in [0.1, 0.15) is 0 Å². The molecule has 0 N–H and O–H groups in total. The molecule has 9 heavy (non-hydrogen) atoms. The predicted molar refractivity (Wildman–Crippen MR) is 37.0 cm³/mol. The first kappa shape index (κ1) is 7.03. The van der Waals surface area contributed by atoms with E-state index in [9.17, 15) is 0 Å². The third-order valence-corrected chi connectivity index (χ3v) is 2.03. The topological polar surface area (TPSA) is 12.5 Å². The van der Waals surface area contributed by atoms with Gasteiger partial charge in [0, 0.05) is 12.6 Å². The van der Waals surface area contributed by atoms with Crippen molar-refractivity contribution in [3.63, 3.8) is 0 Å². The molecule has 0 unspecified atom stereocenters. The van der Waals surface area contributed by atoms with Crippen LogP contribution in [0.3, 0.4) is 0 Å². The van der Waals surface area contributed by atoms with E-state index < -0.39 is 0 Å². The maximum Gasteiger partial charge on any atom is 0.0575 e. The first-order valence-electron chi connectivity index (χ1n) is 3.69. The van der Waals surface area contributed by atoms with E-state index in [4.69, 9.17) is 4.84 Å². The van der Waals surface area contributed by atoms with Crippen molar-refractivity contribution < 1.29 is 4.84 Å². The van der Waals surface area contributed by atoms with Gasteiger partial charge < -0.3 is 4.84 Å². The van der Waals surface area contributed by atoms with E-state index in [0.717, 1.165) is 6.54 Å². The summed E-state index contributed by atoms with van der Waals surface area (Å²) in [6, 6.07) is 0.690. The molecule has 1 aliphatic heterocycles. The zero-order valence-electron chi connectivity index (χ0n) is 6.26. The Morgan fingerprint density at radius 1 is 1.67 bits per heavy atom. The fourth-order valence-corrected chi connectivity index (χ4v) is 1.46. The Morgan fingerprint density at radius 2 is 2.44 bits per heavy atom. The highest BCUT2D eigenvalue weighted by Crippen LogP contribution is 2.18. The van der Waals surface area contributed by atoms with Crippen LogP contribution in [0, 0.1) is 0 Å². The van der Waals surface area contributed by atoms with Crippen LogP contribution in [-0.4, -0.2) is 24.8 Å². The predicted octanol–water partition coefficient (Wildman–Crippen LogP) is 1.42. The molecule has 0 radical (unpaired) electrons. The second-order valence-corrected chi connectivity index (χ2v) is 2.53. The van der Waals surface area contributed by atoms with Crippen LogP contribution in [0.1, 0.15) is 26.2 Å². The van der Waals surface area contributed by atoms with Crippen molar-refractivity contribution in [2.45, 2.75) is 32.2 Å². The Bertz CT molecular complexity index is 75.0. The minimum atomic E-state index is 0.690. The highest BCUT2D eigenvalue weighted by molar-refractivity contribution is 4.71. The van der Waals surface area contributed by atoms with Crippen molar-refractivity contribution >= 4 is 0 Å². The van der Waals surface area contributed by atoms with Crippen LogP contribution in [-0.2, 0) is 4.84 Å². The number of hydrogen-bond donors (Lipinski definition) is 0. The van der Waals surface area contributed by atoms with Crippen LogP contribution in [0.5, 0.6) is 0 Å². The molecule has 0 spiro atoms. The van der Waals surface area contributed by atoms with Gasteiger partial charge in [0.05, 0.1) is 7.11 Å². The summed E-state index contributed by atoms with van der Waals surface area (Å²) < 4.78 is 0. The summed E-state index contributed by atoms with van der Waals surface area (Å²) >= 11 is 0. The van der Waals surface area contributed by atoms with E-state index in [1.54, 1.807) is 7.11 Å². The second-order valence-electron chi connectivity index (χ2n) is 2.53. The van der Waals surface area contributed by atoms with Crippen molar-refractivity contribution in [2.75, 3.05) is 13.7 Å². The minimum absolute atomic E-state index is 0.690. The quantitative estimate of drug-likeness (QED) is 0.559. The summed E-state index contributed by atoms with van der Waals surface area (Å²) in [5.74, 6) is 0. The molecule has 0 aromatic heterocycles. The summed E-state index contributed by atoms with van der Waals surface area (Å²) in [5, 5.41) is 2.08. The van der Waals surface area contributed by atoms with Crippen molar-refractivity contribution in [1.82, 2.24) is 5.06 Å². The molecule has 1 atom stereocenters. The Hall–Kier alpha value is -0.0800. The van der Waals surface area contributed by atoms with Gasteiger partial charge in [-0.05, 0) is 19.3 Å². The Morgan fingerprint density at radius 3 is 2.89 bits per heavy atom. The lowest BCUT2D eigenvalue weighted by molar-refractivity contribution is -0.141. The fraction of sp³-hybridized carbons (Fsp3) is 1.00. The normalized spacial score (nSPS) is 29.3. The summed E-state index contributed by atoms with van der Waals surface area (Å²) in [4.78, 5) is 5.15. The molecular weight excluding hydrogens is 114 g/mol. The van der Waals surface area contributed by atoms with Crippen LogP contribution in [0.2, 0.25) is 0 Å². The van der Waals surface area contributed by atoms with Crippen LogP contribution < -0.4 is 0 Å². The van der Waals surface area contributed by atoms with E-state index >= 15 is 0 Å². The molecule has 1 fully saturated rings. The fourth-order valence-electron chi connectivity index (χ4n) is 1.46. The van der Waals surface area contributed by atoms with Crippen molar-refractivity contribution in [3.8, 4) is 0 Å². The minimum Gasteiger partial charge on any atom is -0.302 e. The summed E-state index contributed by atoms with van der Waals surface area (Å²) in [5.41, 5.74) is 0. The zero-order valence-corrected chi connectivity index (χ0v) is 6.26. The molecule has 1 rings (SSSR count). The maximum atomic E-state index is 5.15. The SMILES string of the molecule is CC[C@H]1CCCN1OC. The largest absolute Gasteiger partial charge is 0.302 e. The molecule has 0 bridgehead atoms. The molecule has 0 aromatic rings. The molecule has 0 saturated carbocycles. The molecule has 1 heterocycles. The van der Waals surface area contributed by atoms with Gasteiger partial charge in [0.15, 0.2) is 0 Å². The molecule has 54 valence electrons. The smallest absolute Gasteiger partial charge is 0.0575 e. The molecule has 2 nitrogen and oxygen atoms in total. The van der Waals surface area contributed by atoms with E-state index in [1.807, 2.05) is 0 Å². The highest BCUT2D eigenvalue weighted by atomic mass is 16.7. The lowest BCUT2D eigenvalue weighted by atomic mass is 10.2. The third kappa shape index (κ3) is 1.43. The summed E-state index contributed by atoms with van der Waals surface area (Å²) in [6.45, 7) is 3.33. The van der Waals surface area contributed by atoms with Crippen molar-refractivity contribution in [3.05, 3.63) is 0 Å². The molecule has 0 aliphatic carbocycles. The highest BCUT2D eigenvalue weighted by Gasteiger charge is 2.21. The second kappa shape index (κ2) is 3.18. The Labute approximate surface area is 56.8 Å². The number of nitrogens with zero attached hydrogens (tertiary/aromatic N) is 1. The number of hydrogen-bond acceptors (Lipinski definition) is 2. The van der Waals surface area contributed by atoms with E-state index in [1.165, 1.54) is 19.3 Å². The van der Waals surface area contributed by atoms with Gasteiger partial charge >= 0.3 is 0 Å². The van der Waals surface area contributed by atoms with Crippen molar-refractivity contribution in [1.29, 1.82) is 0 Å². The standard InChI is InChI=1S/C7H15NO/c1-3-7-5-4-6-8(7)9-2/h7H,3-6H2,1-2H3/t7-/m0/s1. The Kier molecular flexibility index (Phi) is 2.49. The van der Waals surface area contributed by atoms with Crippen LogP contribution in [0.25, 0.3) is 0 Å². The summed E-state index contributed by atoms with van der Waals surface area (Å²) in [6.07, 6.45) is 3.82. The van der Waals surface area contributed by atoms with Gasteiger partial charge in [-0.2, -0.15) is 5.06 Å². The van der Waals surface area contributed by atoms with E-state index in [2.05, 4.69) is 12.0 Å². The van der Waals surface area contributed by atoms with Gasteiger partial charge in [-0.1, -0.05) is 6.92 Å². The number of hydroxylamine groups is 2. The first-order chi connectivity index (χ1) is 4.38. The molecule has 1 aliphatic rings. The molecule has 1 saturated heterocycles. The van der Waals surface area contributed by atoms with Gasteiger partial charge in [-0.15, -0.1) is 0 Å². The van der Waals surface area contributed by atoms with Crippen molar-refractivity contribution in [2.24, 2.45) is 0 Å². The zero-order chi connectivity index (χ0) is 6.69. The third-order valence-electron chi connectivity index (χ3n) is 2.03. The maximum absolute atomic E-state index is 5.15. The molecular formula is C7H15NO. The van der Waals surface area contributed by atoms with E-state index in [-0.39, 0.29) is 0 Å². The molecule has 2 heteroatoms. The summed E-state index contributed by atoms with van der Waals surface area (Å²) in [7, 11) is 1.76. The van der Waals surface area contributed by atoms with Crippen LogP contribution >= 0.6 is 0 Å². The lowest BCUT2D eigenvalue weighted by Crippen LogP contribution is -2.27. The van der Waals surface area contributed by atoms with Crippen LogP contribution in [0.15, 0.2) is 0 Å². The average molecular weight is 129 g/mol. The van der Waals surface area contributed by atoms with E-state index in [0.29, 0.717) is 6.04 Å². The molecule has 0 aromatic carbocycles. The van der Waals surface area contributed by atoms with Gasteiger partial charge in [0.2, 0.25) is 0 Å². The van der Waals surface area contributed by atoms with Gasteiger partial charge in [0.25, 0.3) is 0 Å². The molecule has 0 amide bonds. The first-order valence-corrected chi connectivity index (χ1v) is 3.69. The Balaban J connectivity index is 2.32. The monoisotopic (exact) mass is 129 g/mol.